The third-order valence-electron chi connectivity index (χ3n) is 3.73. The zero-order chi connectivity index (χ0) is 13.7. The summed E-state index contributed by atoms with van der Waals surface area (Å²) >= 11 is 0. The second-order valence-corrected chi connectivity index (χ2v) is 5.47. The highest BCUT2D eigenvalue weighted by molar-refractivity contribution is 5.38. The summed E-state index contributed by atoms with van der Waals surface area (Å²) in [6, 6.07) is 5.98. The van der Waals surface area contributed by atoms with Crippen molar-refractivity contribution in [2.24, 2.45) is 0 Å². The Morgan fingerprint density at radius 1 is 1.26 bits per heavy atom. The van der Waals surface area contributed by atoms with Gasteiger partial charge in [-0.3, -0.25) is 4.90 Å². The van der Waals surface area contributed by atoms with Crippen molar-refractivity contribution in [3.63, 3.8) is 0 Å². The number of aliphatic hydroxyl groups is 1. The Bertz CT molecular complexity index is 398. The molecule has 3 nitrogen and oxygen atoms in total. The monoisotopic (exact) mass is 263 g/mol. The zero-order valence-corrected chi connectivity index (χ0v) is 12.1. The summed E-state index contributed by atoms with van der Waals surface area (Å²) in [6.07, 6.45) is 3.50. The molecule has 3 heteroatoms. The number of nitrogens with zero attached hydrogens (tertiary/aromatic N) is 1. The molecule has 1 N–H and O–H groups in total. The molecule has 1 atom stereocenters. The minimum absolute atomic E-state index is 0.481. The van der Waals surface area contributed by atoms with Gasteiger partial charge in [0.05, 0.1) is 6.10 Å². The van der Waals surface area contributed by atoms with Crippen molar-refractivity contribution in [1.82, 2.24) is 4.90 Å². The van der Waals surface area contributed by atoms with Crippen LogP contribution in [0.15, 0.2) is 18.2 Å². The van der Waals surface area contributed by atoms with Crippen LogP contribution in [-0.2, 0) is 0 Å². The predicted molar refractivity (Wildman–Crippen MR) is 77.6 cm³/mol. The van der Waals surface area contributed by atoms with Crippen LogP contribution in [0.1, 0.15) is 43.4 Å². The molecule has 1 aliphatic rings. The van der Waals surface area contributed by atoms with Gasteiger partial charge in [-0.1, -0.05) is 18.6 Å². The highest BCUT2D eigenvalue weighted by Gasteiger charge is 2.12. The molecule has 1 aliphatic heterocycles. The quantitative estimate of drug-likeness (QED) is 0.886. The van der Waals surface area contributed by atoms with Crippen LogP contribution in [0, 0.1) is 6.92 Å². The summed E-state index contributed by atoms with van der Waals surface area (Å²) in [4.78, 5) is 2.46. The fraction of sp³-hybridized carbons (Fsp3) is 0.625. The Hall–Kier alpha value is -1.06. The Labute approximate surface area is 116 Å². The lowest BCUT2D eigenvalue weighted by molar-refractivity contribution is 0.171. The molecule has 1 aromatic carbocycles. The van der Waals surface area contributed by atoms with Crippen LogP contribution < -0.4 is 4.74 Å². The van der Waals surface area contributed by atoms with Crippen LogP contribution in [-0.4, -0.2) is 36.2 Å². The van der Waals surface area contributed by atoms with Crippen molar-refractivity contribution < 1.29 is 9.84 Å². The predicted octanol–water partition coefficient (Wildman–Crippen LogP) is 2.91. The summed E-state index contributed by atoms with van der Waals surface area (Å²) in [6.45, 7) is 7.89. The van der Waals surface area contributed by atoms with Gasteiger partial charge < -0.3 is 9.84 Å². The van der Waals surface area contributed by atoms with Gasteiger partial charge in [0.25, 0.3) is 0 Å². The molecule has 0 amide bonds. The van der Waals surface area contributed by atoms with Crippen LogP contribution in [0.5, 0.6) is 5.75 Å². The number of aliphatic hydroxyl groups excluding tert-OH is 1. The summed E-state index contributed by atoms with van der Waals surface area (Å²) < 4.78 is 5.88. The Morgan fingerprint density at radius 2 is 2.00 bits per heavy atom. The van der Waals surface area contributed by atoms with Crippen molar-refractivity contribution >= 4 is 0 Å². The highest BCUT2D eigenvalue weighted by Crippen LogP contribution is 2.26. The van der Waals surface area contributed by atoms with Crippen molar-refractivity contribution in [3.8, 4) is 5.75 Å². The molecule has 0 unspecified atom stereocenters. The van der Waals surface area contributed by atoms with Gasteiger partial charge >= 0.3 is 0 Å². The zero-order valence-electron chi connectivity index (χ0n) is 12.1. The number of likely N-dealkylation sites (tertiary alicyclic amines) is 1. The lowest BCUT2D eigenvalue weighted by Gasteiger charge is -2.26. The van der Waals surface area contributed by atoms with E-state index in [0.717, 1.165) is 23.4 Å². The minimum atomic E-state index is -0.481. The maximum absolute atomic E-state index is 9.75. The number of benzene rings is 1. The first-order chi connectivity index (χ1) is 9.16. The first-order valence-corrected chi connectivity index (χ1v) is 7.30. The summed E-state index contributed by atoms with van der Waals surface area (Å²) in [5, 5.41) is 9.75. The fourth-order valence-corrected chi connectivity index (χ4v) is 2.58. The van der Waals surface area contributed by atoms with Crippen LogP contribution >= 0.6 is 0 Å². The third kappa shape index (κ3) is 4.22. The molecular formula is C16H25NO2. The van der Waals surface area contributed by atoms with Crippen molar-refractivity contribution in [2.45, 2.75) is 39.2 Å². The number of hydrogen-bond donors (Lipinski definition) is 1. The number of piperidine rings is 1. The second-order valence-electron chi connectivity index (χ2n) is 5.47. The number of ether oxygens (including phenoxy) is 1. The normalized spacial score (nSPS) is 18.3. The van der Waals surface area contributed by atoms with Crippen LogP contribution in [0.4, 0.5) is 0 Å². The van der Waals surface area contributed by atoms with E-state index in [4.69, 9.17) is 4.74 Å². The lowest BCUT2D eigenvalue weighted by Crippen LogP contribution is -2.33. The van der Waals surface area contributed by atoms with Gasteiger partial charge in [0.1, 0.15) is 12.4 Å². The average molecular weight is 263 g/mol. The number of aryl methyl sites for hydroxylation is 1. The van der Waals surface area contributed by atoms with Crippen molar-refractivity contribution in [2.75, 3.05) is 26.2 Å². The van der Waals surface area contributed by atoms with Crippen LogP contribution in [0.2, 0.25) is 0 Å². The molecule has 0 aromatic heterocycles. The molecule has 0 radical (unpaired) electrons. The standard InChI is InChI=1S/C16H25NO2/c1-13-6-7-15(14(2)18)16(12-13)19-11-10-17-8-4-3-5-9-17/h6-7,12,14,18H,3-5,8-11H2,1-2H3/t14-/m0/s1. The van der Waals surface area contributed by atoms with E-state index in [0.29, 0.717) is 6.61 Å². The number of rotatable bonds is 5. The number of hydrogen-bond acceptors (Lipinski definition) is 3. The molecule has 1 fully saturated rings. The Kier molecular flexibility index (Phi) is 5.23. The van der Waals surface area contributed by atoms with Gasteiger partial charge in [0, 0.05) is 12.1 Å². The molecule has 0 bridgehead atoms. The SMILES string of the molecule is Cc1ccc([C@H](C)O)c(OCCN2CCCCC2)c1. The smallest absolute Gasteiger partial charge is 0.125 e. The summed E-state index contributed by atoms with van der Waals surface area (Å²) in [5.41, 5.74) is 2.04. The first kappa shape index (κ1) is 14.4. The summed E-state index contributed by atoms with van der Waals surface area (Å²) in [7, 11) is 0. The van der Waals surface area contributed by atoms with E-state index >= 15 is 0 Å². The largest absolute Gasteiger partial charge is 0.492 e. The average Bonchev–Trinajstić information content (AvgIpc) is 2.39. The van der Waals surface area contributed by atoms with Crippen LogP contribution in [0.3, 0.4) is 0 Å². The Morgan fingerprint density at radius 3 is 2.68 bits per heavy atom. The molecule has 2 rings (SSSR count). The molecule has 1 saturated heterocycles. The minimum Gasteiger partial charge on any atom is -0.492 e. The van der Waals surface area contributed by atoms with E-state index in [1.807, 2.05) is 25.1 Å². The first-order valence-electron chi connectivity index (χ1n) is 7.30. The molecule has 106 valence electrons. The van der Waals surface area contributed by atoms with E-state index in [9.17, 15) is 5.11 Å². The molecule has 1 aromatic rings. The summed E-state index contributed by atoms with van der Waals surface area (Å²) in [5.74, 6) is 0.826. The van der Waals surface area contributed by atoms with Gasteiger partial charge in [-0.2, -0.15) is 0 Å². The maximum atomic E-state index is 9.75. The maximum Gasteiger partial charge on any atom is 0.125 e. The molecule has 0 spiro atoms. The Balaban J connectivity index is 1.89. The van der Waals surface area contributed by atoms with Crippen molar-refractivity contribution in [3.05, 3.63) is 29.3 Å². The van der Waals surface area contributed by atoms with Crippen LogP contribution in [0.25, 0.3) is 0 Å². The van der Waals surface area contributed by atoms with E-state index in [1.54, 1.807) is 6.92 Å². The van der Waals surface area contributed by atoms with E-state index < -0.39 is 6.10 Å². The highest BCUT2D eigenvalue weighted by atomic mass is 16.5. The van der Waals surface area contributed by atoms with Gasteiger partial charge in [-0.05, 0) is 51.4 Å². The van der Waals surface area contributed by atoms with E-state index in [2.05, 4.69) is 4.90 Å². The van der Waals surface area contributed by atoms with E-state index in [1.165, 1.54) is 32.4 Å². The van der Waals surface area contributed by atoms with Gasteiger partial charge in [-0.15, -0.1) is 0 Å². The fourth-order valence-electron chi connectivity index (χ4n) is 2.58. The molecule has 1 heterocycles. The lowest BCUT2D eigenvalue weighted by atomic mass is 10.1. The van der Waals surface area contributed by atoms with Crippen molar-refractivity contribution in [1.29, 1.82) is 0 Å². The van der Waals surface area contributed by atoms with Gasteiger partial charge in [0.2, 0.25) is 0 Å². The topological polar surface area (TPSA) is 32.7 Å². The molecular weight excluding hydrogens is 238 g/mol. The second kappa shape index (κ2) is 6.92. The molecule has 19 heavy (non-hydrogen) atoms. The van der Waals surface area contributed by atoms with Gasteiger partial charge in [0.15, 0.2) is 0 Å². The van der Waals surface area contributed by atoms with E-state index in [-0.39, 0.29) is 0 Å². The molecule has 0 saturated carbocycles. The third-order valence-corrected chi connectivity index (χ3v) is 3.73. The van der Waals surface area contributed by atoms with Gasteiger partial charge in [-0.25, -0.2) is 0 Å². The molecule has 0 aliphatic carbocycles.